The van der Waals surface area contributed by atoms with Crippen LogP contribution in [0.2, 0.25) is 0 Å². The molecule has 1 heterocycles. The van der Waals surface area contributed by atoms with Gasteiger partial charge in [0, 0.05) is 18.5 Å². The van der Waals surface area contributed by atoms with E-state index in [0.717, 1.165) is 19.6 Å². The zero-order valence-corrected chi connectivity index (χ0v) is 20.8. The molecule has 15 heteroatoms. The molecule has 0 aromatic rings. The third kappa shape index (κ3) is 13.0. The Kier molecular flexibility index (Phi) is 18.4. The summed E-state index contributed by atoms with van der Waals surface area (Å²) in [5.41, 5.74) is 8.17. The molecular weight excluding hydrogens is 620 g/mol. The number of carbonyl (C=O) groups is 2. The maximum atomic E-state index is 11.1. The van der Waals surface area contributed by atoms with Crippen molar-refractivity contribution in [1.82, 2.24) is 4.90 Å². The smallest absolute Gasteiger partial charge is 0.480 e. The number of aliphatic carboxylic acids is 2. The fourth-order valence-corrected chi connectivity index (χ4v) is 2.66. The van der Waals surface area contributed by atoms with E-state index in [1.807, 2.05) is 6.92 Å². The number of nitrogens with zero attached hydrogens (tertiary/aromatic N) is 1. The molecule has 1 rings (SSSR count). The number of nitrogens with two attached hydrogens (primary N) is 2. The number of aliphatic hydroxyl groups is 2. The molecule has 0 saturated carbocycles. The number of hydrogen-bond acceptors (Lipinski definition) is 8. The zero-order valence-electron chi connectivity index (χ0n) is 17.7. The first-order valence-corrected chi connectivity index (χ1v) is 10.8. The summed E-state index contributed by atoms with van der Waals surface area (Å²) < 4.78 is 8.88. The van der Waals surface area contributed by atoms with E-state index in [9.17, 15) is 9.59 Å². The van der Waals surface area contributed by atoms with Crippen LogP contribution >= 0.6 is 7.82 Å². The normalized spacial score (nSPS) is 15.5. The van der Waals surface area contributed by atoms with Gasteiger partial charge >= 0.3 is 40.8 Å². The van der Waals surface area contributed by atoms with Gasteiger partial charge in [-0.15, -0.1) is 0 Å². The molecule has 0 bridgehead atoms. The molecule has 31 heavy (non-hydrogen) atoms. The van der Waals surface area contributed by atoms with Crippen LogP contribution in [0.3, 0.4) is 0 Å². The minimum absolute atomic E-state index is 0. The Labute approximate surface area is 195 Å². The summed E-state index contributed by atoms with van der Waals surface area (Å²) >= 11 is 0. The van der Waals surface area contributed by atoms with E-state index >= 15 is 0 Å². The number of phosphoric acid groups is 1. The van der Waals surface area contributed by atoms with Crippen LogP contribution in [-0.2, 0) is 35.2 Å². The van der Waals surface area contributed by atoms with Gasteiger partial charge in [-0.1, -0.05) is 6.92 Å². The molecule has 0 atom stereocenters. The molecule has 0 aromatic heterocycles. The number of piperidine rings is 1. The van der Waals surface area contributed by atoms with Crippen molar-refractivity contribution in [3.63, 3.8) is 0 Å². The van der Waals surface area contributed by atoms with E-state index in [4.69, 9.17) is 51.1 Å². The largest absolute Gasteiger partial charge is 2.00 e. The predicted molar refractivity (Wildman–Crippen MR) is 107 cm³/mol. The van der Waals surface area contributed by atoms with E-state index in [-0.39, 0.29) is 53.3 Å². The minimum Gasteiger partial charge on any atom is -0.480 e. The van der Waals surface area contributed by atoms with Crippen LogP contribution in [0.5, 0.6) is 0 Å². The topological polar surface area (TPSA) is 248 Å². The fourth-order valence-electron chi connectivity index (χ4n) is 2.66. The summed E-state index contributed by atoms with van der Waals surface area (Å²) in [7, 11) is -4.64. The van der Waals surface area contributed by atoms with Crippen LogP contribution in [0.1, 0.15) is 26.7 Å². The molecule has 1 fully saturated rings. The van der Waals surface area contributed by atoms with Crippen molar-refractivity contribution in [2.24, 2.45) is 28.2 Å². The van der Waals surface area contributed by atoms with Crippen LogP contribution < -0.4 is 11.5 Å². The van der Waals surface area contributed by atoms with Gasteiger partial charge in [-0.05, 0) is 45.3 Å². The SMILES string of the molecule is CCN1CCC(C(C)(C(=O)O)C(=O)O)CC1.NCC(CN)(CO)CO.O=P(O)(O)O.[Pt+2]. The van der Waals surface area contributed by atoms with Crippen molar-refractivity contribution in [3.05, 3.63) is 0 Å². The number of likely N-dealkylation sites (tertiary alicyclic amines) is 1. The van der Waals surface area contributed by atoms with Gasteiger partial charge in [0.1, 0.15) is 0 Å². The van der Waals surface area contributed by atoms with Crippen molar-refractivity contribution in [3.8, 4) is 0 Å². The van der Waals surface area contributed by atoms with Gasteiger partial charge in [-0.25, -0.2) is 4.57 Å². The second kappa shape index (κ2) is 16.2. The van der Waals surface area contributed by atoms with Crippen molar-refractivity contribution in [1.29, 1.82) is 0 Å². The van der Waals surface area contributed by atoms with Crippen molar-refractivity contribution >= 4 is 19.8 Å². The Hall–Kier alpha value is -0.462. The molecule has 0 radical (unpaired) electrons. The van der Waals surface area contributed by atoms with Crippen molar-refractivity contribution < 1.29 is 70.3 Å². The molecule has 0 aromatic carbocycles. The van der Waals surface area contributed by atoms with Gasteiger partial charge in [0.05, 0.1) is 13.2 Å². The quantitative estimate of drug-likeness (QED) is 0.0999. The van der Waals surface area contributed by atoms with Gasteiger partial charge in [-0.2, -0.15) is 0 Å². The van der Waals surface area contributed by atoms with E-state index in [2.05, 4.69) is 4.90 Å². The van der Waals surface area contributed by atoms with E-state index < -0.39 is 30.6 Å². The number of hydrogen-bond donors (Lipinski definition) is 9. The summed E-state index contributed by atoms with van der Waals surface area (Å²) in [4.78, 5) is 46.0. The molecule has 13 nitrogen and oxygen atoms in total. The summed E-state index contributed by atoms with van der Waals surface area (Å²) in [6, 6.07) is 0. The van der Waals surface area contributed by atoms with Crippen LogP contribution in [-0.4, -0.2) is 97.9 Å². The third-order valence-corrected chi connectivity index (χ3v) is 5.28. The number of aliphatic hydroxyl groups excluding tert-OH is 2. The Morgan fingerprint density at radius 3 is 1.48 bits per heavy atom. The molecule has 0 spiro atoms. The fraction of sp³-hybridized carbons (Fsp3) is 0.875. The Bertz CT molecular complexity index is 526. The van der Waals surface area contributed by atoms with E-state index in [1.165, 1.54) is 6.92 Å². The molecule has 0 amide bonds. The second-order valence-corrected chi connectivity index (χ2v) is 8.29. The van der Waals surface area contributed by atoms with Gasteiger partial charge in [0.15, 0.2) is 5.41 Å². The summed E-state index contributed by atoms with van der Waals surface area (Å²) in [6.45, 7) is 6.01. The molecule has 0 aliphatic carbocycles. The van der Waals surface area contributed by atoms with Gasteiger partial charge < -0.3 is 51.5 Å². The summed E-state index contributed by atoms with van der Waals surface area (Å²) in [5, 5.41) is 35.5. The van der Waals surface area contributed by atoms with Gasteiger partial charge in [0.25, 0.3) is 0 Å². The van der Waals surface area contributed by atoms with Crippen LogP contribution in [0.15, 0.2) is 0 Å². The molecule has 0 unspecified atom stereocenters. The van der Waals surface area contributed by atoms with Crippen LogP contribution in [0.25, 0.3) is 0 Å². The van der Waals surface area contributed by atoms with Crippen molar-refractivity contribution in [2.45, 2.75) is 26.7 Å². The van der Waals surface area contributed by atoms with Gasteiger partial charge in [0.2, 0.25) is 0 Å². The molecule has 1 saturated heterocycles. The molecule has 188 valence electrons. The minimum atomic E-state index is -4.64. The molecule has 1 aliphatic rings. The number of carboxylic acid groups (broad SMARTS) is 2. The maximum Gasteiger partial charge on any atom is 2.00 e. The summed E-state index contributed by atoms with van der Waals surface area (Å²) in [5.74, 6) is -2.73. The van der Waals surface area contributed by atoms with E-state index in [1.54, 1.807) is 0 Å². The first-order chi connectivity index (χ1) is 13.7. The second-order valence-electron chi connectivity index (χ2n) is 7.26. The van der Waals surface area contributed by atoms with Crippen molar-refractivity contribution in [2.75, 3.05) is 45.9 Å². The van der Waals surface area contributed by atoms with Gasteiger partial charge in [-0.3, -0.25) is 9.59 Å². The summed E-state index contributed by atoms with van der Waals surface area (Å²) in [6.07, 6.45) is 1.28. The third-order valence-electron chi connectivity index (χ3n) is 5.28. The van der Waals surface area contributed by atoms with E-state index in [0.29, 0.717) is 12.8 Å². The molecular formula is C16H36N3O10PPt+2. The maximum absolute atomic E-state index is 11.1. The van der Waals surface area contributed by atoms with Crippen LogP contribution in [0, 0.1) is 16.7 Å². The number of rotatable bonds is 8. The molecule has 11 N–H and O–H groups in total. The zero-order chi connectivity index (χ0) is 24.2. The Balaban J connectivity index is -0.000000444. The Morgan fingerprint density at radius 2 is 1.32 bits per heavy atom. The average molecular weight is 657 g/mol. The Morgan fingerprint density at radius 1 is 1.00 bits per heavy atom. The number of carboxylic acids is 2. The standard InChI is InChI=1S/C11H19NO4.C5H14N2O2.H3O4P.Pt/c1-3-12-6-4-8(5-7-12)11(2,9(13)14)10(15)16;6-1-5(2-7,3-8)4-9;1-5(2,3)4;/h8H,3-7H2,1-2H3,(H,13,14)(H,15,16);8-9H,1-4,6-7H2;(H3,1,2,3,4);/q;;;+2. The first-order valence-electron chi connectivity index (χ1n) is 9.26. The van der Waals surface area contributed by atoms with Crippen LogP contribution in [0.4, 0.5) is 0 Å². The monoisotopic (exact) mass is 656 g/mol. The average Bonchev–Trinajstić information content (AvgIpc) is 2.68. The predicted octanol–water partition coefficient (Wildman–Crippen LogP) is -2.16. The first kappa shape index (κ1) is 35.1. The molecule has 1 aliphatic heterocycles.